The second-order valence-corrected chi connectivity index (χ2v) is 10.1. The summed E-state index contributed by atoms with van der Waals surface area (Å²) in [5, 5.41) is 0. The number of carbonyl (C=O) groups excluding carboxylic acids is 1. The molecule has 0 aliphatic carbocycles. The standard InChI is InChI=1S/C27H30N2O4S/c1-20(2)33-27(30)18-25(16-21-9-5-4-6-10-21)29-34(31,32)26-14-8-13-24(17-26)23-12-7-11-22(15-23)19-28-3/h4-15,17,20,25,29H,3,16,18-19H2,1-2H3/t25-/m0/s1. The van der Waals surface area contributed by atoms with Crippen LogP contribution in [0.3, 0.4) is 0 Å². The maximum Gasteiger partial charge on any atom is 0.307 e. The number of rotatable bonds is 11. The predicted molar refractivity (Wildman–Crippen MR) is 135 cm³/mol. The Labute approximate surface area is 201 Å². The van der Waals surface area contributed by atoms with E-state index >= 15 is 0 Å². The monoisotopic (exact) mass is 478 g/mol. The summed E-state index contributed by atoms with van der Waals surface area (Å²) in [4.78, 5) is 16.4. The number of carbonyl (C=O) groups is 1. The number of hydrogen-bond acceptors (Lipinski definition) is 5. The van der Waals surface area contributed by atoms with Gasteiger partial charge in [0.05, 0.1) is 24.0 Å². The molecule has 7 heteroatoms. The maximum absolute atomic E-state index is 13.3. The largest absolute Gasteiger partial charge is 0.463 e. The van der Waals surface area contributed by atoms with Crippen LogP contribution in [-0.2, 0) is 32.5 Å². The predicted octanol–water partition coefficient (Wildman–Crippen LogP) is 4.79. The normalized spacial score (nSPS) is 12.3. The highest BCUT2D eigenvalue weighted by atomic mass is 32.2. The van der Waals surface area contributed by atoms with Gasteiger partial charge in [-0.15, -0.1) is 0 Å². The minimum absolute atomic E-state index is 0.0669. The van der Waals surface area contributed by atoms with Crippen LogP contribution in [-0.4, -0.2) is 33.3 Å². The van der Waals surface area contributed by atoms with Gasteiger partial charge in [-0.05, 0) is 67.4 Å². The zero-order valence-corrected chi connectivity index (χ0v) is 20.3. The average molecular weight is 479 g/mol. The van der Waals surface area contributed by atoms with Crippen molar-refractivity contribution in [3.8, 4) is 11.1 Å². The van der Waals surface area contributed by atoms with Crippen molar-refractivity contribution < 1.29 is 17.9 Å². The van der Waals surface area contributed by atoms with Gasteiger partial charge in [-0.3, -0.25) is 9.79 Å². The molecule has 3 rings (SSSR count). The molecule has 3 aromatic carbocycles. The third kappa shape index (κ3) is 7.37. The van der Waals surface area contributed by atoms with Gasteiger partial charge in [-0.2, -0.15) is 0 Å². The minimum Gasteiger partial charge on any atom is -0.463 e. The fraction of sp³-hybridized carbons (Fsp3) is 0.259. The second-order valence-electron chi connectivity index (χ2n) is 8.36. The Morgan fingerprint density at radius 2 is 1.59 bits per heavy atom. The molecular formula is C27H30N2O4S. The van der Waals surface area contributed by atoms with Gasteiger partial charge >= 0.3 is 5.97 Å². The van der Waals surface area contributed by atoms with Crippen LogP contribution in [0.4, 0.5) is 0 Å². The minimum atomic E-state index is -3.89. The molecule has 0 aliphatic heterocycles. The van der Waals surface area contributed by atoms with Crippen molar-refractivity contribution in [1.29, 1.82) is 0 Å². The Balaban J connectivity index is 1.86. The van der Waals surface area contributed by atoms with Crippen molar-refractivity contribution in [2.24, 2.45) is 4.99 Å². The highest BCUT2D eigenvalue weighted by Crippen LogP contribution is 2.24. The molecule has 0 amide bonds. The van der Waals surface area contributed by atoms with E-state index in [0.717, 1.165) is 22.3 Å². The molecule has 0 saturated carbocycles. The molecule has 3 aromatic rings. The van der Waals surface area contributed by atoms with Crippen LogP contribution in [0.25, 0.3) is 11.1 Å². The number of hydrogen-bond donors (Lipinski definition) is 1. The average Bonchev–Trinajstić information content (AvgIpc) is 2.79. The molecule has 34 heavy (non-hydrogen) atoms. The van der Waals surface area contributed by atoms with E-state index in [1.165, 1.54) is 0 Å². The summed E-state index contributed by atoms with van der Waals surface area (Å²) in [6, 6.07) is 23.3. The van der Waals surface area contributed by atoms with Crippen LogP contribution >= 0.6 is 0 Å². The summed E-state index contributed by atoms with van der Waals surface area (Å²) < 4.78 is 34.6. The first-order valence-corrected chi connectivity index (χ1v) is 12.6. The van der Waals surface area contributed by atoms with E-state index in [9.17, 15) is 13.2 Å². The Kier molecular flexibility index (Phi) is 8.73. The van der Waals surface area contributed by atoms with E-state index in [1.807, 2.05) is 60.7 Å². The first-order chi connectivity index (χ1) is 16.3. The first-order valence-electron chi connectivity index (χ1n) is 11.1. The fourth-order valence-corrected chi connectivity index (χ4v) is 4.96. The zero-order valence-electron chi connectivity index (χ0n) is 19.5. The smallest absolute Gasteiger partial charge is 0.307 e. The third-order valence-electron chi connectivity index (χ3n) is 5.13. The molecule has 0 bridgehead atoms. The van der Waals surface area contributed by atoms with Crippen LogP contribution in [0.2, 0.25) is 0 Å². The zero-order chi connectivity index (χ0) is 24.6. The summed E-state index contributed by atoms with van der Waals surface area (Å²) in [6.45, 7) is 7.54. The first kappa shape index (κ1) is 25.3. The third-order valence-corrected chi connectivity index (χ3v) is 6.64. The number of nitrogens with zero attached hydrogens (tertiary/aromatic N) is 1. The Morgan fingerprint density at radius 1 is 0.941 bits per heavy atom. The lowest BCUT2D eigenvalue weighted by Crippen LogP contribution is -2.38. The van der Waals surface area contributed by atoms with Crippen molar-refractivity contribution in [2.45, 2.75) is 50.3 Å². The molecule has 0 aromatic heterocycles. The van der Waals surface area contributed by atoms with Crippen molar-refractivity contribution in [3.63, 3.8) is 0 Å². The van der Waals surface area contributed by atoms with Crippen LogP contribution in [0.1, 0.15) is 31.4 Å². The molecule has 0 spiro atoms. The summed E-state index contributed by atoms with van der Waals surface area (Å²) in [6.07, 6.45) is 0.0248. The number of ether oxygens (including phenoxy) is 1. The van der Waals surface area contributed by atoms with Gasteiger partial charge in [-0.1, -0.05) is 60.7 Å². The lowest BCUT2D eigenvalue weighted by Gasteiger charge is -2.19. The Bertz CT molecular complexity index is 1220. The molecule has 178 valence electrons. The summed E-state index contributed by atoms with van der Waals surface area (Å²) >= 11 is 0. The molecular weight excluding hydrogens is 448 g/mol. The van der Waals surface area contributed by atoms with Gasteiger partial charge in [0.1, 0.15) is 0 Å². The molecule has 0 radical (unpaired) electrons. The molecule has 6 nitrogen and oxygen atoms in total. The van der Waals surface area contributed by atoms with Crippen LogP contribution < -0.4 is 4.72 Å². The lowest BCUT2D eigenvalue weighted by molar-refractivity contribution is -0.147. The van der Waals surface area contributed by atoms with Gasteiger partial charge in [0.25, 0.3) is 0 Å². The maximum atomic E-state index is 13.3. The van der Waals surface area contributed by atoms with Crippen LogP contribution in [0.5, 0.6) is 0 Å². The SMILES string of the molecule is C=NCc1cccc(-c2cccc(S(=O)(=O)N[C@H](CC(=O)OC(C)C)Cc3ccccc3)c2)c1. The number of nitrogens with one attached hydrogen (secondary N) is 1. The van der Waals surface area contributed by atoms with Gasteiger partial charge in [-0.25, -0.2) is 13.1 Å². The van der Waals surface area contributed by atoms with E-state index in [0.29, 0.717) is 13.0 Å². The van der Waals surface area contributed by atoms with Crippen LogP contribution in [0, 0.1) is 0 Å². The van der Waals surface area contributed by atoms with Gasteiger partial charge in [0.2, 0.25) is 10.0 Å². The quantitative estimate of drug-likeness (QED) is 0.317. The Morgan fingerprint density at radius 3 is 2.26 bits per heavy atom. The number of benzene rings is 3. The van der Waals surface area contributed by atoms with E-state index in [-0.39, 0.29) is 17.4 Å². The van der Waals surface area contributed by atoms with Gasteiger partial charge < -0.3 is 4.74 Å². The number of sulfonamides is 1. The second kappa shape index (κ2) is 11.7. The number of aliphatic imine (C=N–C) groups is 1. The van der Waals surface area contributed by atoms with Crippen LogP contribution in [0.15, 0.2) is 88.8 Å². The molecule has 0 aliphatic rings. The van der Waals surface area contributed by atoms with Crippen molar-refractivity contribution in [2.75, 3.05) is 0 Å². The lowest BCUT2D eigenvalue weighted by atomic mass is 10.0. The van der Waals surface area contributed by atoms with E-state index in [2.05, 4.69) is 16.4 Å². The molecule has 1 N–H and O–H groups in total. The van der Waals surface area contributed by atoms with E-state index < -0.39 is 22.0 Å². The van der Waals surface area contributed by atoms with Crippen molar-refractivity contribution in [1.82, 2.24) is 4.72 Å². The highest BCUT2D eigenvalue weighted by Gasteiger charge is 2.24. The van der Waals surface area contributed by atoms with Crippen molar-refractivity contribution in [3.05, 3.63) is 90.0 Å². The summed E-state index contributed by atoms with van der Waals surface area (Å²) in [5.41, 5.74) is 3.58. The Hall–Kier alpha value is -3.29. The molecule has 1 atom stereocenters. The summed E-state index contributed by atoms with van der Waals surface area (Å²) in [7, 11) is -3.89. The van der Waals surface area contributed by atoms with E-state index in [4.69, 9.17) is 4.74 Å². The van der Waals surface area contributed by atoms with Crippen molar-refractivity contribution >= 4 is 22.7 Å². The highest BCUT2D eigenvalue weighted by molar-refractivity contribution is 7.89. The molecule has 0 fully saturated rings. The molecule has 0 heterocycles. The van der Waals surface area contributed by atoms with Gasteiger partial charge in [0.15, 0.2) is 0 Å². The summed E-state index contributed by atoms with van der Waals surface area (Å²) in [5.74, 6) is -0.444. The topological polar surface area (TPSA) is 84.8 Å². The van der Waals surface area contributed by atoms with E-state index in [1.54, 1.807) is 32.0 Å². The van der Waals surface area contributed by atoms with Gasteiger partial charge in [0, 0.05) is 6.04 Å². The number of esters is 1. The molecule has 0 unspecified atom stereocenters. The molecule has 0 saturated heterocycles. The fourth-order valence-electron chi connectivity index (χ4n) is 3.67.